The fraction of sp³-hybridized carbons (Fsp3) is 0.300. The standard InChI is InChI=1S/C20H21F2N3O3/c1-2-10-23-20(27)17-11-25(15-8-3-4-9-16(15)28-17)12-18(26)24-19-13(21)6-5-7-14(19)22/h3-9,17H,2,10-12H2,1H3,(H,23,27)(H,24,26)/t17-/m1/s1. The Bertz CT molecular complexity index is 855. The Morgan fingerprint density at radius 2 is 1.86 bits per heavy atom. The molecule has 0 bridgehead atoms. The molecule has 1 atom stereocenters. The zero-order chi connectivity index (χ0) is 20.1. The van der Waals surface area contributed by atoms with Gasteiger partial charge in [-0.1, -0.05) is 25.1 Å². The maximum Gasteiger partial charge on any atom is 0.262 e. The minimum absolute atomic E-state index is 0.139. The van der Waals surface area contributed by atoms with Crippen LogP contribution in [0.4, 0.5) is 20.2 Å². The SMILES string of the molecule is CCCNC(=O)[C@H]1CN(CC(=O)Nc2c(F)cccc2F)c2ccccc2O1. The number of hydrogen-bond donors (Lipinski definition) is 2. The predicted molar refractivity (Wildman–Crippen MR) is 101 cm³/mol. The van der Waals surface area contributed by atoms with E-state index in [9.17, 15) is 18.4 Å². The summed E-state index contributed by atoms with van der Waals surface area (Å²) in [5.41, 5.74) is 0.137. The van der Waals surface area contributed by atoms with E-state index in [1.165, 1.54) is 6.07 Å². The molecule has 0 aromatic heterocycles. The first-order valence-electron chi connectivity index (χ1n) is 9.01. The molecule has 1 heterocycles. The number of nitrogens with zero attached hydrogens (tertiary/aromatic N) is 1. The van der Waals surface area contributed by atoms with Crippen LogP contribution < -0.4 is 20.3 Å². The molecule has 2 amide bonds. The molecular formula is C20H21F2N3O3. The van der Waals surface area contributed by atoms with Gasteiger partial charge in [0.2, 0.25) is 5.91 Å². The van der Waals surface area contributed by atoms with Gasteiger partial charge >= 0.3 is 0 Å². The number of anilines is 2. The molecule has 148 valence electrons. The Hall–Kier alpha value is -3.16. The number of para-hydroxylation sites is 3. The topological polar surface area (TPSA) is 70.7 Å². The number of fused-ring (bicyclic) bond motifs is 1. The van der Waals surface area contributed by atoms with E-state index in [0.717, 1.165) is 18.6 Å². The second kappa shape index (κ2) is 8.69. The summed E-state index contributed by atoms with van der Waals surface area (Å²) in [6, 6.07) is 10.4. The first-order chi connectivity index (χ1) is 13.5. The van der Waals surface area contributed by atoms with Crippen molar-refractivity contribution in [3.8, 4) is 5.75 Å². The third-order valence-electron chi connectivity index (χ3n) is 4.26. The quantitative estimate of drug-likeness (QED) is 0.797. The van der Waals surface area contributed by atoms with Crippen molar-refractivity contribution < 1.29 is 23.1 Å². The van der Waals surface area contributed by atoms with Crippen LogP contribution in [0, 0.1) is 11.6 Å². The van der Waals surface area contributed by atoms with Crippen molar-refractivity contribution in [2.24, 2.45) is 0 Å². The highest BCUT2D eigenvalue weighted by molar-refractivity contribution is 5.95. The number of ether oxygens (including phenoxy) is 1. The molecule has 0 saturated heterocycles. The van der Waals surface area contributed by atoms with E-state index in [1.54, 1.807) is 29.2 Å². The van der Waals surface area contributed by atoms with Crippen LogP contribution in [0.5, 0.6) is 5.75 Å². The predicted octanol–water partition coefficient (Wildman–Crippen LogP) is 2.70. The average molecular weight is 389 g/mol. The molecule has 0 unspecified atom stereocenters. The Morgan fingerprint density at radius 1 is 1.14 bits per heavy atom. The monoisotopic (exact) mass is 389 g/mol. The van der Waals surface area contributed by atoms with E-state index in [1.807, 2.05) is 6.92 Å². The molecule has 0 fully saturated rings. The number of nitrogens with one attached hydrogen (secondary N) is 2. The van der Waals surface area contributed by atoms with Gasteiger partial charge in [-0.3, -0.25) is 9.59 Å². The van der Waals surface area contributed by atoms with Gasteiger partial charge in [-0.15, -0.1) is 0 Å². The summed E-state index contributed by atoms with van der Waals surface area (Å²) in [6.07, 6.45) is -0.00510. The van der Waals surface area contributed by atoms with Crippen LogP contribution in [0.3, 0.4) is 0 Å². The molecule has 1 aliphatic heterocycles. The average Bonchev–Trinajstić information content (AvgIpc) is 2.69. The van der Waals surface area contributed by atoms with E-state index >= 15 is 0 Å². The number of benzene rings is 2. The van der Waals surface area contributed by atoms with Crippen LogP contribution in [0.15, 0.2) is 42.5 Å². The summed E-state index contributed by atoms with van der Waals surface area (Å²) in [7, 11) is 0. The van der Waals surface area contributed by atoms with Gasteiger partial charge in [-0.05, 0) is 30.7 Å². The highest BCUT2D eigenvalue weighted by atomic mass is 19.1. The highest BCUT2D eigenvalue weighted by Crippen LogP contribution is 2.33. The minimum atomic E-state index is -0.854. The second-order valence-electron chi connectivity index (χ2n) is 6.39. The Kier molecular flexibility index (Phi) is 6.08. The van der Waals surface area contributed by atoms with Crippen LogP contribution in [0.25, 0.3) is 0 Å². The lowest BCUT2D eigenvalue weighted by molar-refractivity contribution is -0.128. The summed E-state index contributed by atoms with van der Waals surface area (Å²) in [6.45, 7) is 2.41. The summed E-state index contributed by atoms with van der Waals surface area (Å²) in [5, 5.41) is 5.03. The molecular weight excluding hydrogens is 368 g/mol. The smallest absolute Gasteiger partial charge is 0.262 e. The molecule has 28 heavy (non-hydrogen) atoms. The third kappa shape index (κ3) is 4.39. The number of amides is 2. The van der Waals surface area contributed by atoms with Crippen LogP contribution in [-0.4, -0.2) is 37.6 Å². The molecule has 6 nitrogen and oxygen atoms in total. The van der Waals surface area contributed by atoms with E-state index < -0.39 is 29.3 Å². The van der Waals surface area contributed by atoms with Crippen molar-refractivity contribution >= 4 is 23.2 Å². The lowest BCUT2D eigenvalue weighted by atomic mass is 10.1. The first-order valence-corrected chi connectivity index (χ1v) is 9.01. The van der Waals surface area contributed by atoms with Gasteiger partial charge in [-0.25, -0.2) is 8.78 Å². The van der Waals surface area contributed by atoms with Gasteiger partial charge in [-0.2, -0.15) is 0 Å². The van der Waals surface area contributed by atoms with Crippen LogP contribution in [-0.2, 0) is 9.59 Å². The fourth-order valence-electron chi connectivity index (χ4n) is 2.92. The molecule has 2 aromatic carbocycles. The Balaban J connectivity index is 1.75. The zero-order valence-corrected chi connectivity index (χ0v) is 15.4. The normalized spacial score (nSPS) is 15.4. The molecule has 2 N–H and O–H groups in total. The minimum Gasteiger partial charge on any atom is -0.477 e. The number of halogens is 2. The fourth-order valence-corrected chi connectivity index (χ4v) is 2.92. The second-order valence-corrected chi connectivity index (χ2v) is 6.39. The molecule has 1 aliphatic rings. The summed E-state index contributed by atoms with van der Waals surface area (Å²) in [5.74, 6) is -2.12. The lowest BCUT2D eigenvalue weighted by Crippen LogP contribution is -2.50. The maximum absolute atomic E-state index is 13.8. The Labute approximate surface area is 161 Å². The van der Waals surface area contributed by atoms with Crippen molar-refractivity contribution in [3.63, 3.8) is 0 Å². The van der Waals surface area contributed by atoms with Gasteiger partial charge < -0.3 is 20.3 Å². The van der Waals surface area contributed by atoms with Crippen molar-refractivity contribution in [1.82, 2.24) is 5.32 Å². The van der Waals surface area contributed by atoms with E-state index in [0.29, 0.717) is 18.0 Å². The molecule has 3 rings (SSSR count). The number of carbonyl (C=O) groups is 2. The van der Waals surface area contributed by atoms with E-state index in [4.69, 9.17) is 4.74 Å². The van der Waals surface area contributed by atoms with Crippen molar-refractivity contribution in [1.29, 1.82) is 0 Å². The first kappa shape index (κ1) is 19.6. The number of carbonyl (C=O) groups excluding carboxylic acids is 2. The van der Waals surface area contributed by atoms with E-state index in [2.05, 4.69) is 10.6 Å². The van der Waals surface area contributed by atoms with E-state index in [-0.39, 0.29) is 19.0 Å². The van der Waals surface area contributed by atoms with Gasteiger partial charge in [0.15, 0.2) is 6.10 Å². The molecule has 8 heteroatoms. The van der Waals surface area contributed by atoms with Crippen LogP contribution in [0.1, 0.15) is 13.3 Å². The van der Waals surface area contributed by atoms with Crippen molar-refractivity contribution in [2.75, 3.05) is 29.9 Å². The highest BCUT2D eigenvalue weighted by Gasteiger charge is 2.31. The Morgan fingerprint density at radius 3 is 2.57 bits per heavy atom. The summed E-state index contributed by atoms with van der Waals surface area (Å²) in [4.78, 5) is 26.4. The van der Waals surface area contributed by atoms with Gasteiger partial charge in [0.25, 0.3) is 5.91 Å². The van der Waals surface area contributed by atoms with Crippen LogP contribution >= 0.6 is 0 Å². The number of rotatable bonds is 6. The largest absolute Gasteiger partial charge is 0.477 e. The van der Waals surface area contributed by atoms with Crippen LogP contribution in [0.2, 0.25) is 0 Å². The van der Waals surface area contributed by atoms with Gasteiger partial charge in [0.05, 0.1) is 18.8 Å². The molecule has 0 aliphatic carbocycles. The van der Waals surface area contributed by atoms with Gasteiger partial charge in [0, 0.05) is 6.54 Å². The number of hydrogen-bond acceptors (Lipinski definition) is 4. The molecule has 0 spiro atoms. The molecule has 2 aromatic rings. The summed E-state index contributed by atoms with van der Waals surface area (Å²) < 4.78 is 33.3. The van der Waals surface area contributed by atoms with Gasteiger partial charge in [0.1, 0.15) is 23.1 Å². The van der Waals surface area contributed by atoms with Crippen molar-refractivity contribution in [2.45, 2.75) is 19.4 Å². The summed E-state index contributed by atoms with van der Waals surface area (Å²) >= 11 is 0. The van der Waals surface area contributed by atoms with Crippen molar-refractivity contribution in [3.05, 3.63) is 54.1 Å². The maximum atomic E-state index is 13.8. The zero-order valence-electron chi connectivity index (χ0n) is 15.4. The lowest BCUT2D eigenvalue weighted by Gasteiger charge is -2.35. The third-order valence-corrected chi connectivity index (χ3v) is 4.26. The molecule has 0 saturated carbocycles. The molecule has 0 radical (unpaired) electrons.